The van der Waals surface area contributed by atoms with E-state index in [-0.39, 0.29) is 0 Å². The summed E-state index contributed by atoms with van der Waals surface area (Å²) in [5, 5.41) is 0. The fourth-order valence-corrected chi connectivity index (χ4v) is 2.72. The fourth-order valence-electron chi connectivity index (χ4n) is 2.72. The molecule has 1 unspecified atom stereocenters. The van der Waals surface area contributed by atoms with E-state index in [9.17, 15) is 0 Å². The molecule has 0 spiro atoms. The number of hydrogen-bond donors (Lipinski definition) is 0. The van der Waals surface area contributed by atoms with Crippen molar-refractivity contribution < 1.29 is 0 Å². The van der Waals surface area contributed by atoms with Gasteiger partial charge in [-0.15, -0.1) is 0 Å². The molecule has 2 heteroatoms. The molecule has 2 fully saturated rings. The van der Waals surface area contributed by atoms with Gasteiger partial charge >= 0.3 is 0 Å². The van der Waals surface area contributed by atoms with E-state index in [0.717, 1.165) is 6.04 Å². The predicted molar refractivity (Wildman–Crippen MR) is 67.3 cm³/mol. The maximum absolute atomic E-state index is 2.72. The number of likely N-dealkylation sites (tertiary alicyclic amines) is 2. The minimum Gasteiger partial charge on any atom is -0.305 e. The topological polar surface area (TPSA) is 6.48 Å². The highest BCUT2D eigenvalue weighted by atomic mass is 15.2. The van der Waals surface area contributed by atoms with E-state index in [1.807, 2.05) is 13.8 Å². The van der Waals surface area contributed by atoms with Crippen molar-refractivity contribution in [1.82, 2.24) is 9.80 Å². The summed E-state index contributed by atoms with van der Waals surface area (Å²) in [4.78, 5) is 5.21. The van der Waals surface area contributed by atoms with Crippen LogP contribution in [0.15, 0.2) is 0 Å². The average Bonchev–Trinajstić information content (AvgIpc) is 2.33. The Kier molecular flexibility index (Phi) is 6.26. The summed E-state index contributed by atoms with van der Waals surface area (Å²) in [5.41, 5.74) is 0. The lowest BCUT2D eigenvalue weighted by Gasteiger charge is -2.39. The second-order valence-corrected chi connectivity index (χ2v) is 4.65. The van der Waals surface area contributed by atoms with Gasteiger partial charge in [0.1, 0.15) is 0 Å². The van der Waals surface area contributed by atoms with Crippen LogP contribution in [0.3, 0.4) is 0 Å². The number of rotatable bonds is 1. The summed E-state index contributed by atoms with van der Waals surface area (Å²) >= 11 is 0. The second kappa shape index (κ2) is 7.24. The lowest BCUT2D eigenvalue weighted by Crippen LogP contribution is -2.48. The van der Waals surface area contributed by atoms with Crippen LogP contribution >= 0.6 is 0 Å². The van der Waals surface area contributed by atoms with Crippen LogP contribution in [0.5, 0.6) is 0 Å². The van der Waals surface area contributed by atoms with Crippen LogP contribution in [-0.2, 0) is 0 Å². The van der Waals surface area contributed by atoms with Gasteiger partial charge in [0.2, 0.25) is 0 Å². The summed E-state index contributed by atoms with van der Waals surface area (Å²) in [6, 6.07) is 0.874. The molecule has 0 aliphatic carbocycles. The predicted octanol–water partition coefficient (Wildman–Crippen LogP) is 2.59. The second-order valence-electron chi connectivity index (χ2n) is 4.65. The zero-order valence-corrected chi connectivity index (χ0v) is 10.8. The monoisotopic (exact) mass is 212 g/mol. The first-order valence-corrected chi connectivity index (χ1v) is 6.79. The maximum Gasteiger partial charge on any atom is 0.0223 e. The number of likely N-dealkylation sites (N-methyl/N-ethyl adjacent to an activating group) is 1. The van der Waals surface area contributed by atoms with Gasteiger partial charge in [-0.25, -0.2) is 0 Å². The Bertz CT molecular complexity index is 153. The van der Waals surface area contributed by atoms with Crippen molar-refractivity contribution in [3.63, 3.8) is 0 Å². The van der Waals surface area contributed by atoms with Crippen LogP contribution in [0, 0.1) is 0 Å². The third-order valence-electron chi connectivity index (χ3n) is 3.51. The molecule has 1 atom stereocenters. The van der Waals surface area contributed by atoms with Crippen LogP contribution in [0.2, 0.25) is 0 Å². The van der Waals surface area contributed by atoms with Gasteiger partial charge in [-0.3, -0.25) is 4.90 Å². The third kappa shape index (κ3) is 4.12. The first kappa shape index (κ1) is 13.0. The smallest absolute Gasteiger partial charge is 0.0223 e. The molecule has 2 nitrogen and oxygen atoms in total. The van der Waals surface area contributed by atoms with Gasteiger partial charge in [0.15, 0.2) is 0 Å². The van der Waals surface area contributed by atoms with Crippen LogP contribution in [-0.4, -0.2) is 49.1 Å². The summed E-state index contributed by atoms with van der Waals surface area (Å²) in [5.74, 6) is 0. The van der Waals surface area contributed by atoms with Crippen molar-refractivity contribution in [3.8, 4) is 0 Å². The molecular weight excluding hydrogens is 184 g/mol. The van der Waals surface area contributed by atoms with Gasteiger partial charge in [0.25, 0.3) is 0 Å². The maximum atomic E-state index is 2.72. The van der Waals surface area contributed by atoms with Crippen LogP contribution in [0.25, 0.3) is 0 Å². The van der Waals surface area contributed by atoms with Crippen molar-refractivity contribution in [2.75, 3.05) is 33.2 Å². The number of hydrogen-bond acceptors (Lipinski definition) is 2. The van der Waals surface area contributed by atoms with Gasteiger partial charge in [0, 0.05) is 12.6 Å². The highest BCUT2D eigenvalue weighted by Crippen LogP contribution is 2.19. The molecule has 0 aromatic rings. The molecule has 2 heterocycles. The van der Waals surface area contributed by atoms with Crippen molar-refractivity contribution in [1.29, 1.82) is 0 Å². The van der Waals surface area contributed by atoms with Crippen molar-refractivity contribution in [2.45, 2.75) is 52.0 Å². The number of nitrogens with zero attached hydrogens (tertiary/aromatic N) is 2. The standard InChI is InChI=1S/C11H22N2.C2H6/c1-12-7-5-6-11(10-12)13-8-3-2-4-9-13;1-2/h11H,2-10H2,1H3;1-2H3. The van der Waals surface area contributed by atoms with Gasteiger partial charge in [-0.1, -0.05) is 20.3 Å². The van der Waals surface area contributed by atoms with E-state index in [2.05, 4.69) is 16.8 Å². The van der Waals surface area contributed by atoms with E-state index in [0.29, 0.717) is 0 Å². The van der Waals surface area contributed by atoms with Gasteiger partial charge < -0.3 is 4.90 Å². The molecule has 0 amide bonds. The molecule has 0 aromatic heterocycles. The molecule has 2 rings (SSSR count). The zero-order valence-electron chi connectivity index (χ0n) is 10.8. The van der Waals surface area contributed by atoms with Crippen molar-refractivity contribution in [2.24, 2.45) is 0 Å². The highest BCUT2D eigenvalue weighted by Gasteiger charge is 2.24. The van der Waals surface area contributed by atoms with Crippen molar-refractivity contribution >= 4 is 0 Å². The van der Waals surface area contributed by atoms with Crippen LogP contribution < -0.4 is 0 Å². The lowest BCUT2D eigenvalue weighted by atomic mass is 10.0. The highest BCUT2D eigenvalue weighted by molar-refractivity contribution is 4.80. The summed E-state index contributed by atoms with van der Waals surface area (Å²) in [6.45, 7) is 9.33. The molecule has 0 N–H and O–H groups in total. The van der Waals surface area contributed by atoms with E-state index in [1.54, 1.807) is 0 Å². The Balaban J connectivity index is 0.000000531. The first-order valence-electron chi connectivity index (χ1n) is 6.79. The van der Waals surface area contributed by atoms with E-state index in [4.69, 9.17) is 0 Å². The lowest BCUT2D eigenvalue weighted by molar-refractivity contribution is 0.0949. The molecule has 90 valence electrons. The molecule has 2 aliphatic rings. The van der Waals surface area contributed by atoms with Crippen LogP contribution in [0.4, 0.5) is 0 Å². The van der Waals surface area contributed by atoms with Gasteiger partial charge in [-0.05, 0) is 52.4 Å². The Morgan fingerprint density at radius 2 is 1.53 bits per heavy atom. The molecule has 2 saturated heterocycles. The molecule has 0 saturated carbocycles. The van der Waals surface area contributed by atoms with Crippen molar-refractivity contribution in [3.05, 3.63) is 0 Å². The van der Waals surface area contributed by atoms with E-state index in [1.165, 1.54) is 58.3 Å². The third-order valence-corrected chi connectivity index (χ3v) is 3.51. The molecular formula is C13H28N2. The molecule has 2 aliphatic heterocycles. The van der Waals surface area contributed by atoms with Gasteiger partial charge in [-0.2, -0.15) is 0 Å². The Labute approximate surface area is 95.6 Å². The summed E-state index contributed by atoms with van der Waals surface area (Å²) in [7, 11) is 2.26. The molecule has 0 radical (unpaired) electrons. The quantitative estimate of drug-likeness (QED) is 0.659. The van der Waals surface area contributed by atoms with E-state index < -0.39 is 0 Å². The zero-order chi connectivity index (χ0) is 11.1. The Morgan fingerprint density at radius 3 is 2.13 bits per heavy atom. The number of piperidine rings is 2. The SMILES string of the molecule is CC.CN1CCCC(N2CCCCC2)C1. The average molecular weight is 212 g/mol. The minimum absolute atomic E-state index is 0.874. The summed E-state index contributed by atoms with van der Waals surface area (Å²) in [6.07, 6.45) is 7.15. The fraction of sp³-hybridized carbons (Fsp3) is 1.00. The minimum atomic E-state index is 0.874. The molecule has 0 bridgehead atoms. The Morgan fingerprint density at radius 1 is 0.867 bits per heavy atom. The van der Waals surface area contributed by atoms with Crippen LogP contribution in [0.1, 0.15) is 46.0 Å². The molecule has 15 heavy (non-hydrogen) atoms. The normalized spacial score (nSPS) is 29.4. The van der Waals surface area contributed by atoms with Gasteiger partial charge in [0.05, 0.1) is 0 Å². The first-order chi connectivity index (χ1) is 7.36. The summed E-state index contributed by atoms with van der Waals surface area (Å²) < 4.78 is 0. The molecule has 0 aromatic carbocycles. The largest absolute Gasteiger partial charge is 0.305 e. The van der Waals surface area contributed by atoms with E-state index >= 15 is 0 Å². The Hall–Kier alpha value is -0.0800.